The molecule has 0 amide bonds. The Morgan fingerprint density at radius 1 is 1.30 bits per heavy atom. The van der Waals surface area contributed by atoms with Crippen molar-refractivity contribution < 1.29 is 19.4 Å². The van der Waals surface area contributed by atoms with Crippen LogP contribution in [0.1, 0.15) is 66.2 Å². The van der Waals surface area contributed by atoms with Gasteiger partial charge in [-0.25, -0.2) is 4.79 Å². The zero-order valence-corrected chi connectivity index (χ0v) is 13.4. The van der Waals surface area contributed by atoms with Gasteiger partial charge in [-0.05, 0) is 39.0 Å². The summed E-state index contributed by atoms with van der Waals surface area (Å²) in [6, 6.07) is 0. The van der Waals surface area contributed by atoms with E-state index in [9.17, 15) is 9.90 Å². The van der Waals surface area contributed by atoms with Crippen molar-refractivity contribution in [2.75, 3.05) is 6.61 Å². The van der Waals surface area contributed by atoms with E-state index in [1.54, 1.807) is 0 Å². The molecule has 1 aliphatic rings. The highest BCUT2D eigenvalue weighted by molar-refractivity contribution is 5.71. The van der Waals surface area contributed by atoms with Gasteiger partial charge in [-0.3, -0.25) is 0 Å². The van der Waals surface area contributed by atoms with Crippen molar-refractivity contribution in [3.05, 3.63) is 0 Å². The van der Waals surface area contributed by atoms with Crippen molar-refractivity contribution in [3.63, 3.8) is 0 Å². The highest BCUT2D eigenvalue weighted by Crippen LogP contribution is 2.34. The molecule has 0 radical (unpaired) electrons. The molecule has 1 fully saturated rings. The highest BCUT2D eigenvalue weighted by atomic mass is 16.6. The van der Waals surface area contributed by atoms with Crippen LogP contribution in [0.4, 0.5) is 0 Å². The number of hydrogen-bond donors (Lipinski definition) is 1. The number of carbonyl (C=O) groups is 1. The Labute approximate surface area is 122 Å². The van der Waals surface area contributed by atoms with Gasteiger partial charge in [-0.2, -0.15) is 0 Å². The number of carbonyl (C=O) groups excluding carboxylic acids is 1. The normalized spacial score (nSPS) is 20.4. The zero-order valence-electron chi connectivity index (χ0n) is 13.4. The van der Waals surface area contributed by atoms with Crippen molar-refractivity contribution in [2.45, 2.75) is 78.1 Å². The molecule has 4 heteroatoms. The van der Waals surface area contributed by atoms with Gasteiger partial charge in [0, 0.05) is 5.92 Å². The Bertz CT molecular complexity index is 295. The fraction of sp³-hybridized carbons (Fsp3) is 0.938. The second-order valence-corrected chi connectivity index (χ2v) is 6.50. The number of rotatable bonds is 7. The highest BCUT2D eigenvalue weighted by Gasteiger charge is 2.34. The molecule has 0 aliphatic heterocycles. The van der Waals surface area contributed by atoms with Gasteiger partial charge in [-0.1, -0.05) is 33.1 Å². The summed E-state index contributed by atoms with van der Waals surface area (Å²) < 4.78 is 10.7. The third-order valence-electron chi connectivity index (χ3n) is 4.47. The lowest BCUT2D eigenvalue weighted by atomic mass is 9.79. The number of aliphatic hydroxyl groups is 1. The Morgan fingerprint density at radius 2 is 1.90 bits per heavy atom. The summed E-state index contributed by atoms with van der Waals surface area (Å²) in [5, 5.41) is 9.68. The summed E-state index contributed by atoms with van der Waals surface area (Å²) in [5.74, 6) is 0.0665. The van der Waals surface area contributed by atoms with Gasteiger partial charge >= 0.3 is 5.97 Å². The van der Waals surface area contributed by atoms with Crippen LogP contribution in [0.25, 0.3) is 0 Å². The SMILES string of the molecule is CCC(C)C(O)OCC(=O)OC(C)(C)C1CCCCC1. The van der Waals surface area contributed by atoms with Crippen LogP contribution in [-0.2, 0) is 14.3 Å². The van der Waals surface area contributed by atoms with E-state index in [1.807, 2.05) is 27.7 Å². The summed E-state index contributed by atoms with van der Waals surface area (Å²) in [6.07, 6.45) is 5.87. The van der Waals surface area contributed by atoms with Crippen molar-refractivity contribution in [1.29, 1.82) is 0 Å². The summed E-state index contributed by atoms with van der Waals surface area (Å²) in [6.45, 7) is 7.64. The molecule has 20 heavy (non-hydrogen) atoms. The van der Waals surface area contributed by atoms with Crippen LogP contribution in [0.15, 0.2) is 0 Å². The first-order valence-electron chi connectivity index (χ1n) is 7.88. The van der Waals surface area contributed by atoms with E-state index >= 15 is 0 Å². The minimum atomic E-state index is -0.898. The maximum Gasteiger partial charge on any atom is 0.332 e. The zero-order chi connectivity index (χ0) is 15.2. The summed E-state index contributed by atoms with van der Waals surface area (Å²) >= 11 is 0. The summed E-state index contributed by atoms with van der Waals surface area (Å²) in [4.78, 5) is 11.9. The average molecular weight is 286 g/mol. The first kappa shape index (κ1) is 17.4. The minimum absolute atomic E-state index is 0.0224. The summed E-state index contributed by atoms with van der Waals surface area (Å²) in [5.41, 5.74) is -0.442. The van der Waals surface area contributed by atoms with Crippen LogP contribution < -0.4 is 0 Å². The van der Waals surface area contributed by atoms with Gasteiger partial charge in [0.05, 0.1) is 0 Å². The molecule has 0 saturated heterocycles. The van der Waals surface area contributed by atoms with Gasteiger partial charge in [0.25, 0.3) is 0 Å². The lowest BCUT2D eigenvalue weighted by Crippen LogP contribution is -2.39. The van der Waals surface area contributed by atoms with E-state index in [-0.39, 0.29) is 18.5 Å². The average Bonchev–Trinajstić information content (AvgIpc) is 2.44. The molecular formula is C16H30O4. The molecule has 0 spiro atoms. The van der Waals surface area contributed by atoms with Crippen LogP contribution in [-0.4, -0.2) is 29.6 Å². The first-order valence-corrected chi connectivity index (χ1v) is 7.88. The minimum Gasteiger partial charge on any atom is -0.458 e. The van der Waals surface area contributed by atoms with E-state index in [1.165, 1.54) is 19.3 Å². The Kier molecular flexibility index (Phi) is 6.96. The number of esters is 1. The molecule has 0 aromatic heterocycles. The fourth-order valence-electron chi connectivity index (χ4n) is 2.72. The molecule has 2 unspecified atom stereocenters. The van der Waals surface area contributed by atoms with E-state index in [0.29, 0.717) is 5.92 Å². The molecule has 2 atom stereocenters. The van der Waals surface area contributed by atoms with Gasteiger partial charge in [0.2, 0.25) is 0 Å². The monoisotopic (exact) mass is 286 g/mol. The van der Waals surface area contributed by atoms with Gasteiger partial charge in [-0.15, -0.1) is 0 Å². The van der Waals surface area contributed by atoms with Crippen LogP contribution in [0.5, 0.6) is 0 Å². The van der Waals surface area contributed by atoms with Crippen molar-refractivity contribution in [3.8, 4) is 0 Å². The van der Waals surface area contributed by atoms with Gasteiger partial charge in [0.1, 0.15) is 12.2 Å². The Hall–Kier alpha value is -0.610. The van der Waals surface area contributed by atoms with Crippen LogP contribution in [0, 0.1) is 11.8 Å². The first-order chi connectivity index (χ1) is 9.36. The van der Waals surface area contributed by atoms with E-state index in [2.05, 4.69) is 0 Å². The maximum atomic E-state index is 11.9. The largest absolute Gasteiger partial charge is 0.458 e. The Balaban J connectivity index is 2.36. The predicted molar refractivity (Wildman–Crippen MR) is 78.2 cm³/mol. The lowest BCUT2D eigenvalue weighted by molar-refractivity contribution is -0.184. The molecule has 1 N–H and O–H groups in total. The van der Waals surface area contributed by atoms with E-state index in [0.717, 1.165) is 19.3 Å². The molecule has 1 rings (SSSR count). The summed E-state index contributed by atoms with van der Waals surface area (Å²) in [7, 11) is 0. The molecule has 1 saturated carbocycles. The molecule has 0 aromatic carbocycles. The van der Waals surface area contributed by atoms with Gasteiger partial charge < -0.3 is 14.6 Å². The van der Waals surface area contributed by atoms with Gasteiger partial charge in [0.15, 0.2) is 6.29 Å². The molecular weight excluding hydrogens is 256 g/mol. The number of hydrogen-bond acceptors (Lipinski definition) is 4. The van der Waals surface area contributed by atoms with Crippen LogP contribution in [0.3, 0.4) is 0 Å². The molecule has 4 nitrogen and oxygen atoms in total. The third kappa shape index (κ3) is 5.41. The van der Waals surface area contributed by atoms with Crippen LogP contribution >= 0.6 is 0 Å². The predicted octanol–water partition coefficient (Wildman–Crippen LogP) is 3.27. The molecule has 118 valence electrons. The smallest absolute Gasteiger partial charge is 0.332 e. The molecule has 0 aromatic rings. The van der Waals surface area contributed by atoms with Crippen molar-refractivity contribution >= 4 is 5.97 Å². The van der Waals surface area contributed by atoms with Crippen molar-refractivity contribution in [2.24, 2.45) is 11.8 Å². The number of ether oxygens (including phenoxy) is 2. The third-order valence-corrected chi connectivity index (χ3v) is 4.47. The fourth-order valence-corrected chi connectivity index (χ4v) is 2.72. The van der Waals surface area contributed by atoms with Crippen LogP contribution in [0.2, 0.25) is 0 Å². The topological polar surface area (TPSA) is 55.8 Å². The maximum absolute atomic E-state index is 11.9. The molecule has 0 heterocycles. The molecule has 1 aliphatic carbocycles. The second-order valence-electron chi connectivity index (χ2n) is 6.50. The van der Waals surface area contributed by atoms with E-state index < -0.39 is 11.9 Å². The Morgan fingerprint density at radius 3 is 2.45 bits per heavy atom. The molecule has 0 bridgehead atoms. The standard InChI is InChI=1S/C16H30O4/c1-5-12(2)15(18)19-11-14(17)20-16(3,4)13-9-7-6-8-10-13/h12-13,15,18H,5-11H2,1-4H3. The van der Waals surface area contributed by atoms with Crippen molar-refractivity contribution in [1.82, 2.24) is 0 Å². The second kappa shape index (κ2) is 7.99. The van der Waals surface area contributed by atoms with E-state index in [4.69, 9.17) is 9.47 Å². The number of aliphatic hydroxyl groups excluding tert-OH is 1. The lowest BCUT2D eigenvalue weighted by Gasteiger charge is -2.36. The quantitative estimate of drug-likeness (QED) is 0.576.